The average molecular weight is 185 g/mol. The Bertz CT molecular complexity index is 182. The molecule has 0 amide bonds. The smallest absolute Gasteiger partial charge is 0.162 e. The lowest BCUT2D eigenvalue weighted by Crippen LogP contribution is -2.48. The Balaban J connectivity index is 2.71. The van der Waals surface area contributed by atoms with Crippen LogP contribution in [0.2, 0.25) is 0 Å². The number of ether oxygens (including phenoxy) is 1. The van der Waals surface area contributed by atoms with Crippen LogP contribution in [0.4, 0.5) is 0 Å². The first-order valence-corrected chi connectivity index (χ1v) is 4.68. The lowest BCUT2D eigenvalue weighted by atomic mass is 9.90. The minimum atomic E-state index is -0.700. The van der Waals surface area contributed by atoms with Crippen LogP contribution >= 0.6 is 0 Å². The molecule has 0 bridgehead atoms. The predicted octanol–water partition coefficient (Wildman–Crippen LogP) is 0.846. The summed E-state index contributed by atoms with van der Waals surface area (Å²) in [5.41, 5.74) is 0. The van der Waals surface area contributed by atoms with Gasteiger partial charge < -0.3 is 14.7 Å². The third-order valence-corrected chi connectivity index (χ3v) is 2.65. The fourth-order valence-corrected chi connectivity index (χ4v) is 1.90. The molecule has 0 unspecified atom stereocenters. The van der Waals surface area contributed by atoms with Crippen molar-refractivity contribution in [1.82, 2.24) is 4.90 Å². The fourth-order valence-electron chi connectivity index (χ4n) is 1.90. The maximum Gasteiger partial charge on any atom is 0.162 e. The Kier molecular flexibility index (Phi) is 3.47. The van der Waals surface area contributed by atoms with Gasteiger partial charge in [-0.2, -0.15) is 0 Å². The van der Waals surface area contributed by atoms with Crippen LogP contribution in [0.1, 0.15) is 13.3 Å². The van der Waals surface area contributed by atoms with E-state index in [1.807, 2.05) is 21.0 Å². The van der Waals surface area contributed by atoms with Gasteiger partial charge in [-0.3, -0.25) is 0 Å². The van der Waals surface area contributed by atoms with E-state index in [9.17, 15) is 5.11 Å². The maximum atomic E-state index is 9.64. The molecule has 0 saturated carbocycles. The van der Waals surface area contributed by atoms with Crippen molar-refractivity contribution in [1.29, 1.82) is 0 Å². The Morgan fingerprint density at radius 1 is 1.54 bits per heavy atom. The topological polar surface area (TPSA) is 32.7 Å². The van der Waals surface area contributed by atoms with Crippen molar-refractivity contribution in [2.45, 2.75) is 31.8 Å². The summed E-state index contributed by atoms with van der Waals surface area (Å²) in [5.74, 6) is 0.0196. The molecule has 1 rings (SSSR count). The van der Waals surface area contributed by atoms with Crippen LogP contribution < -0.4 is 0 Å². The van der Waals surface area contributed by atoms with Gasteiger partial charge in [-0.05, 0) is 27.4 Å². The van der Waals surface area contributed by atoms with E-state index in [4.69, 9.17) is 4.74 Å². The number of hydrogen-bond donors (Lipinski definition) is 1. The first-order valence-electron chi connectivity index (χ1n) is 4.68. The molecule has 1 N–H and O–H groups in total. The van der Waals surface area contributed by atoms with Gasteiger partial charge in [-0.1, -0.05) is 6.08 Å². The summed E-state index contributed by atoms with van der Waals surface area (Å²) in [6.07, 6.45) is 2.15. The number of hydrogen-bond acceptors (Lipinski definition) is 3. The van der Waals surface area contributed by atoms with E-state index in [1.165, 1.54) is 0 Å². The lowest BCUT2D eigenvalue weighted by Gasteiger charge is -2.40. The van der Waals surface area contributed by atoms with E-state index in [1.54, 1.807) is 6.08 Å². The molecule has 1 heterocycles. The molecular formula is C10H19NO2. The molecule has 0 aromatic rings. The summed E-state index contributed by atoms with van der Waals surface area (Å²) >= 11 is 0. The minimum Gasteiger partial charge on any atom is -0.367 e. The van der Waals surface area contributed by atoms with Crippen LogP contribution in [-0.2, 0) is 4.74 Å². The third kappa shape index (κ3) is 2.30. The van der Waals surface area contributed by atoms with Crippen molar-refractivity contribution in [3.8, 4) is 0 Å². The van der Waals surface area contributed by atoms with Gasteiger partial charge in [0, 0.05) is 12.0 Å². The molecular weight excluding hydrogens is 166 g/mol. The Morgan fingerprint density at radius 2 is 2.15 bits per heavy atom. The maximum absolute atomic E-state index is 9.64. The van der Waals surface area contributed by atoms with Gasteiger partial charge in [0.15, 0.2) is 6.29 Å². The lowest BCUT2D eigenvalue weighted by molar-refractivity contribution is -0.195. The summed E-state index contributed by atoms with van der Waals surface area (Å²) in [6.45, 7) is 5.71. The van der Waals surface area contributed by atoms with Gasteiger partial charge in [-0.15, -0.1) is 6.58 Å². The zero-order chi connectivity index (χ0) is 10.0. The summed E-state index contributed by atoms with van der Waals surface area (Å²) in [4.78, 5) is 2.12. The van der Waals surface area contributed by atoms with Crippen LogP contribution in [0, 0.1) is 5.92 Å². The highest BCUT2D eigenvalue weighted by molar-refractivity contribution is 4.94. The van der Waals surface area contributed by atoms with Gasteiger partial charge in [0.25, 0.3) is 0 Å². The Labute approximate surface area is 80.0 Å². The van der Waals surface area contributed by atoms with E-state index in [0.717, 1.165) is 6.42 Å². The second-order valence-corrected chi connectivity index (χ2v) is 3.92. The van der Waals surface area contributed by atoms with Gasteiger partial charge in [0.2, 0.25) is 0 Å². The van der Waals surface area contributed by atoms with Crippen molar-refractivity contribution in [2.24, 2.45) is 5.92 Å². The van der Waals surface area contributed by atoms with Crippen molar-refractivity contribution < 1.29 is 9.84 Å². The largest absolute Gasteiger partial charge is 0.367 e. The van der Waals surface area contributed by atoms with Crippen molar-refractivity contribution in [2.75, 3.05) is 14.1 Å². The summed E-state index contributed by atoms with van der Waals surface area (Å²) in [7, 11) is 4.04. The Morgan fingerprint density at radius 3 is 2.62 bits per heavy atom. The van der Waals surface area contributed by atoms with Gasteiger partial charge in [0.1, 0.15) is 0 Å². The predicted molar refractivity (Wildman–Crippen MR) is 52.3 cm³/mol. The van der Waals surface area contributed by atoms with Crippen molar-refractivity contribution in [3.05, 3.63) is 12.7 Å². The molecule has 0 aromatic carbocycles. The molecule has 0 aliphatic carbocycles. The highest BCUT2D eigenvalue weighted by Crippen LogP contribution is 2.27. The zero-order valence-corrected chi connectivity index (χ0v) is 8.60. The summed E-state index contributed by atoms with van der Waals surface area (Å²) in [6, 6.07) is 0.330. The molecule has 1 fully saturated rings. The molecule has 0 aromatic heterocycles. The molecule has 4 atom stereocenters. The number of aliphatic hydroxyl groups is 1. The monoisotopic (exact) mass is 185 g/mol. The quantitative estimate of drug-likeness (QED) is 0.647. The van der Waals surface area contributed by atoms with E-state index in [0.29, 0.717) is 6.04 Å². The molecule has 1 aliphatic rings. The van der Waals surface area contributed by atoms with Crippen LogP contribution in [0.5, 0.6) is 0 Å². The molecule has 1 aliphatic heterocycles. The van der Waals surface area contributed by atoms with Crippen molar-refractivity contribution in [3.63, 3.8) is 0 Å². The van der Waals surface area contributed by atoms with Crippen molar-refractivity contribution >= 4 is 0 Å². The van der Waals surface area contributed by atoms with Gasteiger partial charge >= 0.3 is 0 Å². The number of aliphatic hydroxyl groups excluding tert-OH is 1. The zero-order valence-electron chi connectivity index (χ0n) is 8.60. The van der Waals surface area contributed by atoms with Crippen LogP contribution in [0.25, 0.3) is 0 Å². The standard InChI is InChI=1S/C10H19NO2/c1-5-8-9(11(3)4)6-7(2)13-10(8)12/h5,7-10,12H,1,6H2,2-4H3/t7-,8-,9+,10-/m1/s1. The average Bonchev–Trinajstić information content (AvgIpc) is 2.02. The molecule has 13 heavy (non-hydrogen) atoms. The van der Waals surface area contributed by atoms with Gasteiger partial charge in [-0.25, -0.2) is 0 Å². The highest BCUT2D eigenvalue weighted by atomic mass is 16.6. The van der Waals surface area contributed by atoms with E-state index in [-0.39, 0.29) is 12.0 Å². The third-order valence-electron chi connectivity index (χ3n) is 2.65. The minimum absolute atomic E-state index is 0.0196. The van der Waals surface area contributed by atoms with Crippen LogP contribution in [-0.4, -0.2) is 42.5 Å². The van der Waals surface area contributed by atoms with Gasteiger partial charge in [0.05, 0.1) is 6.10 Å². The van der Waals surface area contributed by atoms with Crippen LogP contribution in [0.15, 0.2) is 12.7 Å². The van der Waals surface area contributed by atoms with E-state index >= 15 is 0 Å². The first kappa shape index (κ1) is 10.7. The Hall–Kier alpha value is -0.380. The molecule has 1 saturated heterocycles. The first-order chi connectivity index (χ1) is 6.06. The number of nitrogens with zero attached hydrogens (tertiary/aromatic N) is 1. The van der Waals surface area contributed by atoms with E-state index in [2.05, 4.69) is 11.5 Å². The molecule has 76 valence electrons. The fraction of sp³-hybridized carbons (Fsp3) is 0.800. The SMILES string of the molecule is C=C[C@H]1[C@H](O)O[C@H](C)C[C@@H]1N(C)C. The molecule has 0 spiro atoms. The normalized spacial score (nSPS) is 40.7. The molecule has 0 radical (unpaired) electrons. The summed E-state index contributed by atoms with van der Waals surface area (Å²) in [5, 5.41) is 9.64. The summed E-state index contributed by atoms with van der Waals surface area (Å²) < 4.78 is 5.33. The van der Waals surface area contributed by atoms with E-state index < -0.39 is 6.29 Å². The highest BCUT2D eigenvalue weighted by Gasteiger charge is 2.35. The second kappa shape index (κ2) is 4.22. The molecule has 3 nitrogen and oxygen atoms in total. The second-order valence-electron chi connectivity index (χ2n) is 3.92. The molecule has 3 heteroatoms. The number of rotatable bonds is 2. The van der Waals surface area contributed by atoms with Crippen LogP contribution in [0.3, 0.4) is 0 Å².